The average Bonchev–Trinajstić information content (AvgIpc) is 2.96. The number of thiazole rings is 1. The molecule has 0 atom stereocenters. The number of hydrogen-bond acceptors (Lipinski definition) is 4. The predicted octanol–water partition coefficient (Wildman–Crippen LogP) is 4.50. The lowest BCUT2D eigenvalue weighted by atomic mass is 10.1. The molecular weight excluding hydrogens is 353 g/mol. The largest absolute Gasteiger partial charge is 0.497 e. The zero-order valence-corrected chi connectivity index (χ0v) is 13.9. The Balaban J connectivity index is 1.77. The zero-order valence-electron chi connectivity index (χ0n) is 13.1. The fourth-order valence-electron chi connectivity index (χ4n) is 2.32. The van der Waals surface area contributed by atoms with E-state index in [2.05, 4.69) is 10.3 Å². The maximum atomic E-state index is 13.0. The van der Waals surface area contributed by atoms with Crippen molar-refractivity contribution >= 4 is 32.6 Å². The van der Waals surface area contributed by atoms with Crippen molar-refractivity contribution in [2.24, 2.45) is 0 Å². The van der Waals surface area contributed by atoms with E-state index in [0.717, 1.165) is 23.0 Å². The van der Waals surface area contributed by atoms with Gasteiger partial charge < -0.3 is 10.1 Å². The van der Waals surface area contributed by atoms with Gasteiger partial charge in [-0.15, -0.1) is 0 Å². The molecule has 25 heavy (non-hydrogen) atoms. The van der Waals surface area contributed by atoms with E-state index < -0.39 is 11.7 Å². The summed E-state index contributed by atoms with van der Waals surface area (Å²) >= 11 is 1.01. The number of benzene rings is 2. The summed E-state index contributed by atoms with van der Waals surface area (Å²) < 4.78 is 44.4. The van der Waals surface area contributed by atoms with Gasteiger partial charge in [0.05, 0.1) is 29.3 Å². The number of amides is 1. The SMILES string of the molecule is COc1ccc(CC(=O)Nc2nc3c(C(F)(F)F)cccc3s2)cc1. The number of anilines is 1. The molecule has 1 N–H and O–H groups in total. The van der Waals surface area contributed by atoms with Crippen LogP contribution < -0.4 is 10.1 Å². The Morgan fingerprint density at radius 3 is 2.56 bits per heavy atom. The average molecular weight is 366 g/mol. The number of halogens is 3. The van der Waals surface area contributed by atoms with E-state index in [1.807, 2.05) is 0 Å². The van der Waals surface area contributed by atoms with E-state index in [9.17, 15) is 18.0 Å². The van der Waals surface area contributed by atoms with E-state index in [1.54, 1.807) is 37.4 Å². The summed E-state index contributed by atoms with van der Waals surface area (Å²) in [6.07, 6.45) is -4.40. The number of rotatable bonds is 4. The minimum atomic E-state index is -4.49. The van der Waals surface area contributed by atoms with E-state index in [4.69, 9.17) is 4.74 Å². The molecule has 3 aromatic rings. The second kappa shape index (κ2) is 6.72. The molecular formula is C17H13F3N2O2S. The normalized spacial score (nSPS) is 11.5. The molecule has 0 spiro atoms. The van der Waals surface area contributed by atoms with Crippen molar-refractivity contribution in [2.75, 3.05) is 12.4 Å². The van der Waals surface area contributed by atoms with Crippen LogP contribution in [0.25, 0.3) is 10.2 Å². The van der Waals surface area contributed by atoms with Crippen molar-refractivity contribution in [3.05, 3.63) is 53.6 Å². The van der Waals surface area contributed by atoms with E-state index in [-0.39, 0.29) is 23.0 Å². The Morgan fingerprint density at radius 2 is 1.92 bits per heavy atom. The lowest BCUT2D eigenvalue weighted by molar-refractivity contribution is -0.136. The van der Waals surface area contributed by atoms with Crippen molar-refractivity contribution in [2.45, 2.75) is 12.6 Å². The van der Waals surface area contributed by atoms with Gasteiger partial charge in [0.25, 0.3) is 0 Å². The molecule has 130 valence electrons. The molecule has 1 amide bonds. The number of ether oxygens (including phenoxy) is 1. The topological polar surface area (TPSA) is 51.2 Å². The maximum absolute atomic E-state index is 13.0. The molecule has 0 aliphatic heterocycles. The number of carbonyl (C=O) groups excluding carboxylic acids is 1. The highest BCUT2D eigenvalue weighted by molar-refractivity contribution is 7.22. The molecule has 0 saturated carbocycles. The van der Waals surface area contributed by atoms with Gasteiger partial charge in [0.1, 0.15) is 5.75 Å². The third-order valence-corrected chi connectivity index (χ3v) is 4.43. The van der Waals surface area contributed by atoms with Gasteiger partial charge in [-0.3, -0.25) is 4.79 Å². The van der Waals surface area contributed by atoms with Crippen LogP contribution in [0.15, 0.2) is 42.5 Å². The summed E-state index contributed by atoms with van der Waals surface area (Å²) in [5.74, 6) is 0.327. The summed E-state index contributed by atoms with van der Waals surface area (Å²) in [6.45, 7) is 0. The van der Waals surface area contributed by atoms with E-state index >= 15 is 0 Å². The summed E-state index contributed by atoms with van der Waals surface area (Å²) in [5.41, 5.74) is -0.202. The molecule has 0 bridgehead atoms. The highest BCUT2D eigenvalue weighted by Gasteiger charge is 2.33. The number of nitrogens with zero attached hydrogens (tertiary/aromatic N) is 1. The number of fused-ring (bicyclic) bond motifs is 1. The molecule has 4 nitrogen and oxygen atoms in total. The highest BCUT2D eigenvalue weighted by atomic mass is 32.1. The molecule has 0 unspecified atom stereocenters. The van der Waals surface area contributed by atoms with Crippen LogP contribution in [0.5, 0.6) is 5.75 Å². The van der Waals surface area contributed by atoms with Gasteiger partial charge in [0.15, 0.2) is 5.13 Å². The van der Waals surface area contributed by atoms with Crippen LogP contribution in [-0.2, 0) is 17.4 Å². The van der Waals surface area contributed by atoms with Crippen molar-refractivity contribution < 1.29 is 22.7 Å². The van der Waals surface area contributed by atoms with Crippen LogP contribution in [0.3, 0.4) is 0 Å². The Labute approximate surface area is 145 Å². The first-order chi connectivity index (χ1) is 11.9. The number of aromatic nitrogens is 1. The molecule has 0 saturated heterocycles. The first-order valence-corrected chi connectivity index (χ1v) is 8.08. The Hall–Kier alpha value is -2.61. The number of alkyl halides is 3. The number of hydrogen-bond donors (Lipinski definition) is 1. The van der Waals surface area contributed by atoms with Gasteiger partial charge in [-0.2, -0.15) is 13.2 Å². The van der Waals surface area contributed by atoms with Gasteiger partial charge in [0.2, 0.25) is 5.91 Å². The number of nitrogens with one attached hydrogen (secondary N) is 1. The van der Waals surface area contributed by atoms with Crippen molar-refractivity contribution in [3.8, 4) is 5.75 Å². The van der Waals surface area contributed by atoms with Crippen LogP contribution in [0.1, 0.15) is 11.1 Å². The first-order valence-electron chi connectivity index (χ1n) is 7.26. The molecule has 1 aromatic heterocycles. The number of carbonyl (C=O) groups is 1. The highest BCUT2D eigenvalue weighted by Crippen LogP contribution is 2.37. The maximum Gasteiger partial charge on any atom is 0.418 e. The van der Waals surface area contributed by atoms with Gasteiger partial charge in [-0.05, 0) is 29.8 Å². The van der Waals surface area contributed by atoms with Gasteiger partial charge >= 0.3 is 6.18 Å². The Morgan fingerprint density at radius 1 is 1.20 bits per heavy atom. The number of para-hydroxylation sites is 1. The second-order valence-electron chi connectivity index (χ2n) is 5.24. The molecule has 0 radical (unpaired) electrons. The van der Waals surface area contributed by atoms with Gasteiger partial charge in [-0.25, -0.2) is 4.98 Å². The van der Waals surface area contributed by atoms with Crippen LogP contribution in [0.4, 0.5) is 18.3 Å². The fourth-order valence-corrected chi connectivity index (χ4v) is 3.23. The van der Waals surface area contributed by atoms with E-state index in [1.165, 1.54) is 6.07 Å². The monoisotopic (exact) mass is 366 g/mol. The van der Waals surface area contributed by atoms with Crippen LogP contribution in [0.2, 0.25) is 0 Å². The molecule has 8 heteroatoms. The predicted molar refractivity (Wildman–Crippen MR) is 89.9 cm³/mol. The van der Waals surface area contributed by atoms with Crippen molar-refractivity contribution in [1.82, 2.24) is 4.98 Å². The molecule has 2 aromatic carbocycles. The minimum Gasteiger partial charge on any atom is -0.497 e. The Kier molecular flexibility index (Phi) is 4.63. The quantitative estimate of drug-likeness (QED) is 0.739. The standard InChI is InChI=1S/C17H13F3N2O2S/c1-24-11-7-5-10(6-8-11)9-14(23)21-16-22-15-12(17(18,19)20)3-2-4-13(15)25-16/h2-8H,9H2,1H3,(H,21,22,23). The third-order valence-electron chi connectivity index (χ3n) is 3.49. The van der Waals surface area contributed by atoms with E-state index in [0.29, 0.717) is 10.4 Å². The van der Waals surface area contributed by atoms with Crippen LogP contribution in [-0.4, -0.2) is 18.0 Å². The third kappa shape index (κ3) is 3.90. The first kappa shape index (κ1) is 17.2. The van der Waals surface area contributed by atoms with Crippen LogP contribution in [0, 0.1) is 0 Å². The summed E-state index contributed by atoms with van der Waals surface area (Å²) in [6, 6.07) is 10.8. The zero-order chi connectivity index (χ0) is 18.0. The lowest BCUT2D eigenvalue weighted by Crippen LogP contribution is -2.14. The fraction of sp³-hybridized carbons (Fsp3) is 0.176. The smallest absolute Gasteiger partial charge is 0.418 e. The molecule has 3 rings (SSSR count). The lowest BCUT2D eigenvalue weighted by Gasteiger charge is -2.06. The molecule has 1 heterocycles. The summed E-state index contributed by atoms with van der Waals surface area (Å²) in [7, 11) is 1.55. The van der Waals surface area contributed by atoms with Gasteiger partial charge in [0, 0.05) is 0 Å². The Bertz CT molecular complexity index is 904. The van der Waals surface area contributed by atoms with Gasteiger partial charge in [-0.1, -0.05) is 29.5 Å². The van der Waals surface area contributed by atoms with Crippen LogP contribution >= 0.6 is 11.3 Å². The summed E-state index contributed by atoms with van der Waals surface area (Å²) in [5, 5.41) is 2.70. The number of methoxy groups -OCH3 is 1. The molecule has 0 fully saturated rings. The van der Waals surface area contributed by atoms with Crippen molar-refractivity contribution in [1.29, 1.82) is 0 Å². The second-order valence-corrected chi connectivity index (χ2v) is 6.27. The van der Waals surface area contributed by atoms with Crippen molar-refractivity contribution in [3.63, 3.8) is 0 Å². The molecule has 0 aliphatic carbocycles. The molecule has 0 aliphatic rings. The minimum absolute atomic E-state index is 0.0893. The summed E-state index contributed by atoms with van der Waals surface area (Å²) in [4.78, 5) is 16.0.